The molecule has 0 aliphatic heterocycles. The predicted octanol–water partition coefficient (Wildman–Crippen LogP) is 5.58. The second-order valence-electron chi connectivity index (χ2n) is 5.74. The lowest BCUT2D eigenvalue weighted by molar-refractivity contribution is 0.614. The average Bonchev–Trinajstić information content (AvgIpc) is 2.35. The molecule has 0 radical (unpaired) electrons. The predicted molar refractivity (Wildman–Crippen MR) is 83.9 cm³/mol. The highest BCUT2D eigenvalue weighted by Gasteiger charge is 2.10. The molecule has 0 fully saturated rings. The zero-order valence-electron chi connectivity index (χ0n) is 12.2. The van der Waals surface area contributed by atoms with Gasteiger partial charge >= 0.3 is 0 Å². The highest BCUT2D eigenvalue weighted by molar-refractivity contribution is 6.31. The fourth-order valence-corrected chi connectivity index (χ4v) is 2.68. The van der Waals surface area contributed by atoms with Gasteiger partial charge in [0.1, 0.15) is 5.82 Å². The van der Waals surface area contributed by atoms with Crippen LogP contribution in [0, 0.1) is 18.7 Å². The van der Waals surface area contributed by atoms with E-state index in [2.05, 4.69) is 39.0 Å². The summed E-state index contributed by atoms with van der Waals surface area (Å²) in [5.41, 5.74) is 4.24. The van der Waals surface area contributed by atoms with E-state index in [1.165, 1.54) is 17.2 Å². The van der Waals surface area contributed by atoms with Crippen LogP contribution in [0.15, 0.2) is 36.4 Å². The van der Waals surface area contributed by atoms with E-state index in [9.17, 15) is 4.39 Å². The van der Waals surface area contributed by atoms with E-state index in [-0.39, 0.29) is 5.82 Å². The van der Waals surface area contributed by atoms with Gasteiger partial charge in [-0.05, 0) is 48.1 Å². The number of hydrogen-bond donors (Lipinski definition) is 0. The molecule has 20 heavy (non-hydrogen) atoms. The lowest BCUT2D eigenvalue weighted by Gasteiger charge is -2.12. The van der Waals surface area contributed by atoms with Crippen LogP contribution in [0.4, 0.5) is 4.39 Å². The highest BCUT2D eigenvalue weighted by Crippen LogP contribution is 2.24. The first-order valence-corrected chi connectivity index (χ1v) is 7.36. The van der Waals surface area contributed by atoms with E-state index >= 15 is 0 Å². The Hall–Kier alpha value is -1.34. The monoisotopic (exact) mass is 290 g/mol. The van der Waals surface area contributed by atoms with Crippen LogP contribution in [0.25, 0.3) is 0 Å². The van der Waals surface area contributed by atoms with Crippen molar-refractivity contribution in [2.45, 2.75) is 33.6 Å². The van der Waals surface area contributed by atoms with Crippen LogP contribution < -0.4 is 0 Å². The van der Waals surface area contributed by atoms with Crippen molar-refractivity contribution in [2.24, 2.45) is 5.92 Å². The van der Waals surface area contributed by atoms with Gasteiger partial charge in [-0.3, -0.25) is 0 Å². The van der Waals surface area contributed by atoms with Gasteiger partial charge in [0.05, 0.1) is 0 Å². The van der Waals surface area contributed by atoms with Crippen LogP contribution in [0.3, 0.4) is 0 Å². The Morgan fingerprint density at radius 1 is 1.15 bits per heavy atom. The molecule has 0 nitrogen and oxygen atoms in total. The number of benzene rings is 2. The molecule has 0 heterocycles. The molecule has 0 bridgehead atoms. The van der Waals surface area contributed by atoms with Gasteiger partial charge < -0.3 is 0 Å². The van der Waals surface area contributed by atoms with Crippen LogP contribution in [-0.2, 0) is 12.8 Å². The Morgan fingerprint density at radius 2 is 1.90 bits per heavy atom. The molecule has 2 aromatic carbocycles. The largest absolute Gasteiger partial charge is 0.207 e. The Labute approximate surface area is 125 Å². The summed E-state index contributed by atoms with van der Waals surface area (Å²) in [6.07, 6.45) is 1.61. The summed E-state index contributed by atoms with van der Waals surface area (Å²) in [5.74, 6) is 0.407. The van der Waals surface area contributed by atoms with Gasteiger partial charge in [-0.2, -0.15) is 0 Å². The minimum absolute atomic E-state index is 0.233. The number of halogens is 2. The summed E-state index contributed by atoms with van der Waals surface area (Å²) in [4.78, 5) is 0. The molecule has 0 unspecified atom stereocenters. The number of rotatable bonds is 4. The second-order valence-corrected chi connectivity index (χ2v) is 6.14. The molecule has 2 rings (SSSR count). The second kappa shape index (κ2) is 6.41. The number of aryl methyl sites for hydroxylation is 1. The van der Waals surface area contributed by atoms with E-state index in [0.717, 1.165) is 12.0 Å². The smallest absolute Gasteiger partial charge is 0.128 e. The molecule has 0 N–H and O–H groups in total. The number of hydrogen-bond acceptors (Lipinski definition) is 0. The van der Waals surface area contributed by atoms with Crippen molar-refractivity contribution in [3.63, 3.8) is 0 Å². The van der Waals surface area contributed by atoms with E-state index in [1.807, 2.05) is 0 Å². The zero-order chi connectivity index (χ0) is 14.7. The fraction of sp³-hybridized carbons (Fsp3) is 0.333. The van der Waals surface area contributed by atoms with E-state index < -0.39 is 0 Å². The van der Waals surface area contributed by atoms with Crippen molar-refractivity contribution < 1.29 is 4.39 Å². The molecule has 0 atom stereocenters. The summed E-state index contributed by atoms with van der Waals surface area (Å²) in [6.45, 7) is 6.50. The van der Waals surface area contributed by atoms with E-state index in [4.69, 9.17) is 11.6 Å². The third kappa shape index (κ3) is 3.61. The average molecular weight is 291 g/mol. The van der Waals surface area contributed by atoms with E-state index in [0.29, 0.717) is 22.9 Å². The summed E-state index contributed by atoms with van der Waals surface area (Å²) in [6, 6.07) is 11.3. The van der Waals surface area contributed by atoms with Crippen LogP contribution in [0.2, 0.25) is 5.02 Å². The first-order valence-electron chi connectivity index (χ1n) is 6.98. The van der Waals surface area contributed by atoms with Crippen LogP contribution in [0.5, 0.6) is 0 Å². The van der Waals surface area contributed by atoms with Crippen molar-refractivity contribution >= 4 is 11.6 Å². The Bertz CT molecular complexity index is 582. The Balaban J connectivity index is 2.26. The third-order valence-corrected chi connectivity index (χ3v) is 3.83. The van der Waals surface area contributed by atoms with Gasteiger partial charge in [0.15, 0.2) is 0 Å². The third-order valence-electron chi connectivity index (χ3n) is 3.48. The lowest BCUT2D eigenvalue weighted by Crippen LogP contribution is -1.99. The van der Waals surface area contributed by atoms with Gasteiger partial charge in [-0.15, -0.1) is 0 Å². The minimum Gasteiger partial charge on any atom is -0.207 e. The van der Waals surface area contributed by atoms with Crippen molar-refractivity contribution in [1.82, 2.24) is 0 Å². The molecule has 106 valence electrons. The van der Waals surface area contributed by atoms with Gasteiger partial charge in [0.25, 0.3) is 0 Å². The highest BCUT2D eigenvalue weighted by atomic mass is 35.5. The Morgan fingerprint density at radius 3 is 2.50 bits per heavy atom. The van der Waals surface area contributed by atoms with E-state index in [1.54, 1.807) is 12.1 Å². The molecule has 0 aliphatic carbocycles. The zero-order valence-corrected chi connectivity index (χ0v) is 13.0. The molecule has 0 aliphatic rings. The summed E-state index contributed by atoms with van der Waals surface area (Å²) in [5, 5.41) is 0.496. The van der Waals surface area contributed by atoms with Gasteiger partial charge in [-0.1, -0.05) is 49.7 Å². The van der Waals surface area contributed by atoms with Crippen LogP contribution in [0.1, 0.15) is 36.1 Å². The quantitative estimate of drug-likeness (QED) is 0.690. The van der Waals surface area contributed by atoms with Crippen molar-refractivity contribution in [1.29, 1.82) is 0 Å². The lowest BCUT2D eigenvalue weighted by atomic mass is 9.95. The molecule has 2 aromatic rings. The molecule has 0 spiro atoms. The summed E-state index contributed by atoms with van der Waals surface area (Å²) < 4.78 is 13.8. The summed E-state index contributed by atoms with van der Waals surface area (Å²) >= 11 is 6.09. The SMILES string of the molecule is Cc1cc(CC(C)C)ccc1Cc1c(F)cccc1Cl. The van der Waals surface area contributed by atoms with Crippen molar-refractivity contribution in [3.05, 3.63) is 69.5 Å². The maximum Gasteiger partial charge on any atom is 0.128 e. The molecule has 2 heteroatoms. The van der Waals surface area contributed by atoms with Gasteiger partial charge in [-0.25, -0.2) is 4.39 Å². The molecular formula is C18H20ClF. The normalized spacial score (nSPS) is 11.1. The Kier molecular flexibility index (Phi) is 4.82. The molecular weight excluding hydrogens is 271 g/mol. The van der Waals surface area contributed by atoms with Crippen molar-refractivity contribution in [2.75, 3.05) is 0 Å². The molecule has 0 aromatic heterocycles. The maximum absolute atomic E-state index is 13.8. The first kappa shape index (κ1) is 15.1. The standard InChI is InChI=1S/C18H20ClF/c1-12(2)9-14-7-8-15(13(3)10-14)11-16-17(19)5-4-6-18(16)20/h4-8,10,12H,9,11H2,1-3H3. The molecule has 0 amide bonds. The summed E-state index contributed by atoms with van der Waals surface area (Å²) in [7, 11) is 0. The van der Waals surface area contributed by atoms with Crippen LogP contribution >= 0.6 is 11.6 Å². The maximum atomic E-state index is 13.8. The van der Waals surface area contributed by atoms with Crippen LogP contribution in [-0.4, -0.2) is 0 Å². The topological polar surface area (TPSA) is 0 Å². The van der Waals surface area contributed by atoms with Crippen molar-refractivity contribution in [3.8, 4) is 0 Å². The molecule has 0 saturated carbocycles. The molecule has 0 saturated heterocycles. The van der Waals surface area contributed by atoms with Gasteiger partial charge in [0, 0.05) is 17.0 Å². The van der Waals surface area contributed by atoms with Gasteiger partial charge in [0.2, 0.25) is 0 Å². The minimum atomic E-state index is -0.233. The first-order chi connectivity index (χ1) is 9.47. The fourth-order valence-electron chi connectivity index (χ4n) is 2.45.